The van der Waals surface area contributed by atoms with Gasteiger partial charge in [0.15, 0.2) is 6.10 Å². The van der Waals surface area contributed by atoms with Gasteiger partial charge in [0.05, 0.1) is 28.7 Å². The molecule has 3 heterocycles. The first kappa shape index (κ1) is 32.2. The molecule has 1 amide bonds. The second kappa shape index (κ2) is 14.2. The van der Waals surface area contributed by atoms with Crippen molar-refractivity contribution < 1.29 is 13.9 Å². The Hall–Kier alpha value is -3.25. The number of ether oxygens (including phenoxy) is 1. The molecule has 2 fully saturated rings. The van der Waals surface area contributed by atoms with E-state index in [4.69, 9.17) is 16.3 Å². The Kier molecular flexibility index (Phi) is 10.4. The van der Waals surface area contributed by atoms with Gasteiger partial charge < -0.3 is 14.5 Å². The van der Waals surface area contributed by atoms with Crippen LogP contribution in [0.4, 0.5) is 4.39 Å². The molecule has 44 heavy (non-hydrogen) atoms. The molecule has 3 atom stereocenters. The molecule has 0 spiro atoms. The fraction of sp³-hybridized carbons (Fsp3) is 0.457. The van der Waals surface area contributed by atoms with Crippen LogP contribution >= 0.6 is 22.9 Å². The van der Waals surface area contributed by atoms with Crippen LogP contribution in [0.15, 0.2) is 76.3 Å². The average Bonchev–Trinajstić information content (AvgIpc) is 3.49. The third-order valence-corrected chi connectivity index (χ3v) is 9.83. The maximum atomic E-state index is 13.9. The summed E-state index contributed by atoms with van der Waals surface area (Å²) in [5.74, 6) is -0.0394. The van der Waals surface area contributed by atoms with Crippen molar-refractivity contribution >= 4 is 34.4 Å². The lowest BCUT2D eigenvalue weighted by atomic mass is 9.74. The van der Waals surface area contributed by atoms with E-state index in [2.05, 4.69) is 28.1 Å². The summed E-state index contributed by atoms with van der Waals surface area (Å²) in [6.45, 7) is 8.03. The summed E-state index contributed by atoms with van der Waals surface area (Å²) in [5, 5.41) is 13.8. The van der Waals surface area contributed by atoms with Crippen molar-refractivity contribution in [1.29, 1.82) is 5.26 Å². The number of hydrogen-bond donors (Lipinski definition) is 0. The fourth-order valence-corrected chi connectivity index (χ4v) is 7.24. The molecule has 232 valence electrons. The average molecular weight is 635 g/mol. The maximum Gasteiger partial charge on any atom is 0.253 e. The first-order valence-electron chi connectivity index (χ1n) is 15.5. The van der Waals surface area contributed by atoms with Gasteiger partial charge in [0, 0.05) is 54.2 Å². The van der Waals surface area contributed by atoms with E-state index in [1.165, 1.54) is 0 Å². The van der Waals surface area contributed by atoms with Gasteiger partial charge in [-0.15, -0.1) is 11.3 Å². The Labute approximate surface area is 269 Å². The molecule has 6 rings (SSSR count). The Bertz CT molecular complexity index is 1500. The predicted octanol–water partition coefficient (Wildman–Crippen LogP) is 7.73. The number of aryl methyl sites for hydroxylation is 1. The van der Waals surface area contributed by atoms with Gasteiger partial charge in [0.2, 0.25) is 0 Å². The van der Waals surface area contributed by atoms with Gasteiger partial charge in [-0.3, -0.25) is 4.79 Å². The van der Waals surface area contributed by atoms with Gasteiger partial charge in [-0.1, -0.05) is 79.6 Å². The van der Waals surface area contributed by atoms with E-state index in [9.17, 15) is 14.4 Å². The number of halogens is 2. The van der Waals surface area contributed by atoms with Crippen molar-refractivity contribution in [1.82, 2.24) is 14.8 Å². The molecule has 0 N–H and O–H groups in total. The highest BCUT2D eigenvalue weighted by atomic mass is 35.5. The van der Waals surface area contributed by atoms with E-state index < -0.39 is 17.7 Å². The highest BCUT2D eigenvalue weighted by Gasteiger charge is 2.43. The highest BCUT2D eigenvalue weighted by Crippen LogP contribution is 2.41. The topological polar surface area (TPSA) is 69.5 Å². The molecule has 1 aromatic heterocycles. The summed E-state index contributed by atoms with van der Waals surface area (Å²) in [5.41, 5.74) is 4.38. The molecule has 6 nitrogen and oxygen atoms in total. The second-order valence-corrected chi connectivity index (χ2v) is 13.1. The third-order valence-electron chi connectivity index (χ3n) is 8.72. The number of aromatic nitrogens is 1. The Morgan fingerprint density at radius 1 is 1.25 bits per heavy atom. The number of morpholine rings is 1. The number of likely N-dealkylation sites (tertiary alicyclic amines) is 1. The molecule has 4 aliphatic rings. The molecule has 1 aromatic carbocycles. The molecule has 9 heteroatoms. The molecule has 2 saturated heterocycles. The Morgan fingerprint density at radius 3 is 2.64 bits per heavy atom. The monoisotopic (exact) mass is 634 g/mol. The first-order chi connectivity index (χ1) is 21.3. The van der Waals surface area contributed by atoms with Gasteiger partial charge in [-0.25, -0.2) is 9.37 Å². The van der Waals surface area contributed by atoms with E-state index >= 15 is 0 Å². The largest absolute Gasteiger partial charge is 0.365 e. The van der Waals surface area contributed by atoms with E-state index in [1.807, 2.05) is 61.4 Å². The van der Waals surface area contributed by atoms with Gasteiger partial charge in [0.1, 0.15) is 12.3 Å². The number of allylic oxidation sites excluding steroid dienone is 6. The summed E-state index contributed by atoms with van der Waals surface area (Å²) in [7, 11) is 0. The van der Waals surface area contributed by atoms with Crippen LogP contribution in [0.1, 0.15) is 62.2 Å². The van der Waals surface area contributed by atoms with Crippen molar-refractivity contribution in [3.05, 3.63) is 92.6 Å². The van der Waals surface area contributed by atoms with Gasteiger partial charge in [-0.05, 0) is 37.8 Å². The number of nitrogens with zero attached hydrogens (tertiary/aromatic N) is 4. The summed E-state index contributed by atoms with van der Waals surface area (Å²) >= 11 is 8.40. The molecule has 0 radical (unpaired) electrons. The van der Waals surface area contributed by atoms with Crippen molar-refractivity contribution in [3.8, 4) is 6.07 Å². The molecular formula is C35H40ClFN4O2S. The number of thiazole rings is 1. The van der Waals surface area contributed by atoms with Crippen LogP contribution in [0, 0.1) is 23.7 Å². The number of carbonyl (C=O) groups is 1. The number of rotatable bonds is 6. The maximum absolute atomic E-state index is 13.9. The van der Waals surface area contributed by atoms with E-state index in [1.54, 1.807) is 23.5 Å². The Morgan fingerprint density at radius 2 is 2.00 bits per heavy atom. The minimum Gasteiger partial charge on any atom is -0.365 e. The number of piperidine rings is 1. The summed E-state index contributed by atoms with van der Waals surface area (Å²) < 4.78 is 20.1. The zero-order valence-electron chi connectivity index (χ0n) is 25.6. The SMILES string of the molecule is CC.Cc1nc(C2=C(Cl)C=C3C(C2)OC(C(=O)N2CCC(C#N)(CC4=CCC(F)C=C4)CC2)CN3Cc2ccccc2)cs1. The number of fused-ring (bicyclic) bond motifs is 1. The van der Waals surface area contributed by atoms with Crippen LogP contribution in [0.5, 0.6) is 0 Å². The number of carbonyl (C=O) groups excluding carboxylic acids is 1. The first-order valence-corrected chi connectivity index (χ1v) is 16.8. The van der Waals surface area contributed by atoms with Crippen LogP contribution in [0.2, 0.25) is 0 Å². The van der Waals surface area contributed by atoms with E-state index in [0.717, 1.165) is 33.1 Å². The molecule has 2 aliphatic carbocycles. The number of hydrogen-bond acceptors (Lipinski definition) is 6. The van der Waals surface area contributed by atoms with Crippen LogP contribution < -0.4 is 0 Å². The summed E-state index contributed by atoms with van der Waals surface area (Å²) in [4.78, 5) is 22.7. The van der Waals surface area contributed by atoms with Gasteiger partial charge >= 0.3 is 0 Å². The second-order valence-electron chi connectivity index (χ2n) is 11.6. The Balaban J connectivity index is 0.00000188. The van der Waals surface area contributed by atoms with Crippen molar-refractivity contribution in [2.45, 2.75) is 77.8 Å². The summed E-state index contributed by atoms with van der Waals surface area (Å²) in [6.07, 6.45) is 8.01. The van der Waals surface area contributed by atoms with Gasteiger partial charge in [-0.2, -0.15) is 5.26 Å². The molecule has 3 unspecified atom stereocenters. The van der Waals surface area contributed by atoms with Crippen LogP contribution in [0.3, 0.4) is 0 Å². The highest BCUT2D eigenvalue weighted by molar-refractivity contribution is 7.09. The van der Waals surface area contributed by atoms with Crippen LogP contribution in [-0.4, -0.2) is 58.7 Å². The van der Waals surface area contributed by atoms with Gasteiger partial charge in [0.25, 0.3) is 5.91 Å². The predicted molar refractivity (Wildman–Crippen MR) is 174 cm³/mol. The molecule has 2 aromatic rings. The minimum atomic E-state index is -0.948. The molecular weight excluding hydrogens is 595 g/mol. The number of nitriles is 1. The van der Waals surface area contributed by atoms with E-state index in [0.29, 0.717) is 63.3 Å². The van der Waals surface area contributed by atoms with Crippen molar-refractivity contribution in [3.63, 3.8) is 0 Å². The number of alkyl halides is 1. The smallest absolute Gasteiger partial charge is 0.253 e. The lowest BCUT2D eigenvalue weighted by Crippen LogP contribution is -2.55. The number of amides is 1. The van der Waals surface area contributed by atoms with E-state index in [-0.39, 0.29) is 12.0 Å². The normalized spacial score (nSPS) is 24.4. The lowest BCUT2D eigenvalue weighted by Gasteiger charge is -2.45. The quantitative estimate of drug-likeness (QED) is 0.325. The molecule has 0 bridgehead atoms. The van der Waals surface area contributed by atoms with Crippen LogP contribution in [0.25, 0.3) is 5.57 Å². The lowest BCUT2D eigenvalue weighted by molar-refractivity contribution is -0.154. The molecule has 0 saturated carbocycles. The molecule has 2 aliphatic heterocycles. The third kappa shape index (κ3) is 7.17. The van der Waals surface area contributed by atoms with Crippen LogP contribution in [-0.2, 0) is 16.1 Å². The minimum absolute atomic E-state index is 0.0394. The van der Waals surface area contributed by atoms with Crippen molar-refractivity contribution in [2.24, 2.45) is 5.41 Å². The fourth-order valence-electron chi connectivity index (χ4n) is 6.33. The standard InChI is InChI=1S/C33H34ClFN4O2S.C2H6/c1-22-37-28(20-42-22)26-15-30-29(16-27(26)34)39(18-24-5-3-2-4-6-24)19-31(41-30)32(40)38-13-11-33(21-36,12-14-38)17-23-7-9-25(35)10-8-23;1-2/h2-9,16,20,25,30-31H,10-15,17-19H2,1H3;1-2H3. The van der Waals surface area contributed by atoms with Crippen molar-refractivity contribution in [2.75, 3.05) is 19.6 Å². The summed E-state index contributed by atoms with van der Waals surface area (Å²) in [6, 6.07) is 12.7. The zero-order valence-corrected chi connectivity index (χ0v) is 27.2. The zero-order chi connectivity index (χ0) is 31.3. The number of benzene rings is 1.